The van der Waals surface area contributed by atoms with Crippen LogP contribution < -0.4 is 14.2 Å². The zero-order valence-corrected chi connectivity index (χ0v) is 14.8. The summed E-state index contributed by atoms with van der Waals surface area (Å²) in [6.07, 6.45) is 1.58. The first-order valence-electron chi connectivity index (χ1n) is 8.01. The highest BCUT2D eigenvalue weighted by atomic mass is 19.3. The van der Waals surface area contributed by atoms with Crippen molar-refractivity contribution < 1.29 is 27.8 Å². The lowest BCUT2D eigenvalue weighted by Gasteiger charge is -2.10. The van der Waals surface area contributed by atoms with Crippen molar-refractivity contribution in [2.75, 3.05) is 7.11 Å². The molecule has 140 valence electrons. The van der Waals surface area contributed by atoms with Crippen LogP contribution in [0.15, 0.2) is 47.6 Å². The molecule has 26 heavy (non-hydrogen) atoms. The predicted octanol–water partition coefficient (Wildman–Crippen LogP) is 4.63. The Hall–Kier alpha value is -2.83. The number of benzene rings is 2. The normalized spacial score (nSPS) is 11.2. The molecule has 2 aromatic rings. The number of hydrogen-bond donors (Lipinski definition) is 0. The van der Waals surface area contributed by atoms with Gasteiger partial charge in [-0.2, -0.15) is 8.78 Å². The number of oxime groups is 1. The van der Waals surface area contributed by atoms with Crippen LogP contribution in [-0.2, 0) is 11.4 Å². The summed E-state index contributed by atoms with van der Waals surface area (Å²) in [5.41, 5.74) is 1.57. The van der Waals surface area contributed by atoms with Crippen LogP contribution in [0.25, 0.3) is 0 Å². The summed E-state index contributed by atoms with van der Waals surface area (Å²) in [6, 6.07) is 12.0. The van der Waals surface area contributed by atoms with Gasteiger partial charge in [0.05, 0.1) is 19.4 Å². The molecule has 0 radical (unpaired) electrons. The molecule has 5 nitrogen and oxygen atoms in total. The van der Waals surface area contributed by atoms with Crippen molar-refractivity contribution in [3.8, 4) is 17.2 Å². The summed E-state index contributed by atoms with van der Waals surface area (Å²) in [7, 11) is 1.37. The maximum atomic E-state index is 12.3. The van der Waals surface area contributed by atoms with Crippen molar-refractivity contribution >= 4 is 6.21 Å². The van der Waals surface area contributed by atoms with E-state index in [1.165, 1.54) is 25.5 Å². The topological polar surface area (TPSA) is 49.3 Å². The Morgan fingerprint density at radius 1 is 1.00 bits per heavy atom. The van der Waals surface area contributed by atoms with E-state index in [9.17, 15) is 8.78 Å². The fourth-order valence-corrected chi connectivity index (χ4v) is 2.10. The molecular formula is C19H21F2NO4. The summed E-state index contributed by atoms with van der Waals surface area (Å²) in [5, 5.41) is 3.87. The van der Waals surface area contributed by atoms with Gasteiger partial charge < -0.3 is 19.0 Å². The molecular weight excluding hydrogens is 344 g/mol. The van der Waals surface area contributed by atoms with Crippen molar-refractivity contribution in [1.29, 1.82) is 0 Å². The highest BCUT2D eigenvalue weighted by molar-refractivity contribution is 5.80. The molecule has 0 unspecified atom stereocenters. The minimum Gasteiger partial charge on any atom is -0.493 e. The number of ether oxygens (including phenoxy) is 3. The second kappa shape index (κ2) is 9.60. The van der Waals surface area contributed by atoms with Gasteiger partial charge in [0, 0.05) is 5.56 Å². The molecule has 0 fully saturated rings. The standard InChI is InChI=1S/C19H21F2NO4/c1-13(2)25-16-7-4-14(5-8-16)12-24-22-11-15-6-9-17(26-19(20)21)18(10-15)23-3/h4-11,13,19H,12H2,1-3H3/b22-11+. The van der Waals surface area contributed by atoms with Gasteiger partial charge in [0.2, 0.25) is 0 Å². The lowest BCUT2D eigenvalue weighted by molar-refractivity contribution is -0.0512. The zero-order chi connectivity index (χ0) is 18.9. The van der Waals surface area contributed by atoms with Crippen LogP contribution in [0.2, 0.25) is 0 Å². The summed E-state index contributed by atoms with van der Waals surface area (Å²) in [5.74, 6) is 0.949. The molecule has 0 aliphatic rings. The van der Waals surface area contributed by atoms with Gasteiger partial charge in [0.15, 0.2) is 11.5 Å². The number of methoxy groups -OCH3 is 1. The highest BCUT2D eigenvalue weighted by Crippen LogP contribution is 2.28. The fourth-order valence-electron chi connectivity index (χ4n) is 2.10. The SMILES string of the molecule is COc1cc(/C=N/OCc2ccc(OC(C)C)cc2)ccc1OC(F)F. The van der Waals surface area contributed by atoms with E-state index in [0.717, 1.165) is 11.3 Å². The molecule has 0 heterocycles. The van der Waals surface area contributed by atoms with E-state index < -0.39 is 6.61 Å². The zero-order valence-electron chi connectivity index (χ0n) is 14.8. The Labute approximate surface area is 151 Å². The summed E-state index contributed by atoms with van der Waals surface area (Å²) in [6.45, 7) is 1.31. The van der Waals surface area contributed by atoms with Gasteiger partial charge >= 0.3 is 6.61 Å². The molecule has 0 aliphatic heterocycles. The number of halogens is 2. The molecule has 2 aromatic carbocycles. The maximum Gasteiger partial charge on any atom is 0.387 e. The molecule has 7 heteroatoms. The van der Waals surface area contributed by atoms with Crippen LogP contribution >= 0.6 is 0 Å². The molecule has 0 bridgehead atoms. The Kier molecular flexibility index (Phi) is 7.20. The molecule has 0 atom stereocenters. The quantitative estimate of drug-likeness (QED) is 0.480. The summed E-state index contributed by atoms with van der Waals surface area (Å²) in [4.78, 5) is 5.25. The second-order valence-corrected chi connectivity index (χ2v) is 5.61. The number of nitrogens with zero attached hydrogens (tertiary/aromatic N) is 1. The third-order valence-corrected chi connectivity index (χ3v) is 3.21. The average molecular weight is 365 g/mol. The third kappa shape index (κ3) is 6.23. The number of alkyl halides is 2. The van der Waals surface area contributed by atoms with Crippen molar-refractivity contribution in [3.63, 3.8) is 0 Å². The molecule has 2 rings (SSSR count). The van der Waals surface area contributed by atoms with Gasteiger partial charge in [-0.1, -0.05) is 17.3 Å². The first-order chi connectivity index (χ1) is 12.5. The first-order valence-corrected chi connectivity index (χ1v) is 8.01. The monoisotopic (exact) mass is 365 g/mol. The van der Waals surface area contributed by atoms with Gasteiger partial charge in [-0.15, -0.1) is 0 Å². The van der Waals surface area contributed by atoms with Gasteiger partial charge in [0.25, 0.3) is 0 Å². The Balaban J connectivity index is 1.90. The molecule has 0 saturated heterocycles. The number of rotatable bonds is 9. The van der Waals surface area contributed by atoms with E-state index >= 15 is 0 Å². The van der Waals surface area contributed by atoms with Gasteiger partial charge in [-0.3, -0.25) is 0 Å². The van der Waals surface area contributed by atoms with Crippen molar-refractivity contribution in [3.05, 3.63) is 53.6 Å². The van der Waals surface area contributed by atoms with E-state index in [1.54, 1.807) is 6.07 Å². The number of hydrogen-bond acceptors (Lipinski definition) is 5. The Morgan fingerprint density at radius 2 is 1.73 bits per heavy atom. The van der Waals surface area contributed by atoms with Crippen molar-refractivity contribution in [2.24, 2.45) is 5.16 Å². The lowest BCUT2D eigenvalue weighted by Crippen LogP contribution is -2.05. The second-order valence-electron chi connectivity index (χ2n) is 5.61. The minimum atomic E-state index is -2.91. The van der Waals surface area contributed by atoms with Crippen molar-refractivity contribution in [2.45, 2.75) is 33.2 Å². The van der Waals surface area contributed by atoms with Crippen molar-refractivity contribution in [1.82, 2.24) is 0 Å². The predicted molar refractivity (Wildman–Crippen MR) is 94.2 cm³/mol. The van der Waals surface area contributed by atoms with Crippen LogP contribution in [-0.4, -0.2) is 26.0 Å². The molecule has 0 saturated carbocycles. The van der Waals surface area contributed by atoms with Crippen LogP contribution in [0.5, 0.6) is 17.2 Å². The van der Waals surface area contributed by atoms with Crippen LogP contribution in [0, 0.1) is 0 Å². The molecule has 0 N–H and O–H groups in total. The van der Waals surface area contributed by atoms with Crippen LogP contribution in [0.4, 0.5) is 8.78 Å². The Bertz CT molecular complexity index is 718. The summed E-state index contributed by atoms with van der Waals surface area (Å²) < 4.78 is 39.6. The molecule has 0 spiro atoms. The van der Waals surface area contributed by atoms with E-state index in [0.29, 0.717) is 12.2 Å². The minimum absolute atomic E-state index is 0.0377. The third-order valence-electron chi connectivity index (χ3n) is 3.21. The largest absolute Gasteiger partial charge is 0.493 e. The highest BCUT2D eigenvalue weighted by Gasteiger charge is 2.10. The fraction of sp³-hybridized carbons (Fsp3) is 0.316. The average Bonchev–Trinajstić information content (AvgIpc) is 2.60. The Morgan fingerprint density at radius 3 is 2.35 bits per heavy atom. The summed E-state index contributed by atoms with van der Waals surface area (Å²) >= 11 is 0. The van der Waals surface area contributed by atoms with Gasteiger partial charge in [-0.05, 0) is 49.7 Å². The van der Waals surface area contributed by atoms with E-state index in [1.807, 2.05) is 38.1 Å². The smallest absolute Gasteiger partial charge is 0.387 e. The molecule has 0 aromatic heterocycles. The maximum absolute atomic E-state index is 12.3. The van der Waals surface area contributed by atoms with E-state index in [4.69, 9.17) is 14.3 Å². The van der Waals surface area contributed by atoms with Crippen LogP contribution in [0.3, 0.4) is 0 Å². The molecule has 0 aliphatic carbocycles. The van der Waals surface area contributed by atoms with E-state index in [2.05, 4.69) is 9.89 Å². The van der Waals surface area contributed by atoms with Gasteiger partial charge in [-0.25, -0.2) is 0 Å². The van der Waals surface area contributed by atoms with Crippen LogP contribution in [0.1, 0.15) is 25.0 Å². The van der Waals surface area contributed by atoms with E-state index in [-0.39, 0.29) is 17.6 Å². The lowest BCUT2D eigenvalue weighted by atomic mass is 10.2. The molecule has 0 amide bonds. The first kappa shape index (κ1) is 19.5. The van der Waals surface area contributed by atoms with Gasteiger partial charge in [0.1, 0.15) is 12.4 Å².